The predicted octanol–water partition coefficient (Wildman–Crippen LogP) is 2.39. The highest BCUT2D eigenvalue weighted by atomic mass is 32.1. The first-order chi connectivity index (χ1) is 9.40. The van der Waals surface area contributed by atoms with Crippen molar-refractivity contribution in [2.45, 2.75) is 39.2 Å². The van der Waals surface area contributed by atoms with Crippen molar-refractivity contribution in [2.24, 2.45) is 5.73 Å². The summed E-state index contributed by atoms with van der Waals surface area (Å²) >= 11 is 4.87. The number of ether oxygens (including phenoxy) is 1. The third kappa shape index (κ3) is 4.81. The van der Waals surface area contributed by atoms with Crippen molar-refractivity contribution in [2.75, 3.05) is 6.61 Å². The van der Waals surface area contributed by atoms with Crippen LogP contribution < -0.4 is 15.8 Å². The quantitative estimate of drug-likeness (QED) is 0.758. The highest BCUT2D eigenvalue weighted by Crippen LogP contribution is 2.14. The van der Waals surface area contributed by atoms with E-state index in [9.17, 15) is 4.79 Å². The third-order valence-electron chi connectivity index (χ3n) is 3.51. The van der Waals surface area contributed by atoms with Crippen molar-refractivity contribution >= 4 is 23.1 Å². The Kier molecular flexibility index (Phi) is 5.95. The van der Waals surface area contributed by atoms with Gasteiger partial charge in [-0.3, -0.25) is 4.79 Å². The van der Waals surface area contributed by atoms with E-state index in [1.54, 1.807) is 24.3 Å². The molecule has 0 aliphatic heterocycles. The van der Waals surface area contributed by atoms with Gasteiger partial charge < -0.3 is 15.8 Å². The topological polar surface area (TPSA) is 64.3 Å². The van der Waals surface area contributed by atoms with Crippen LogP contribution in [0.1, 0.15) is 39.2 Å². The summed E-state index contributed by atoms with van der Waals surface area (Å²) in [5.74, 6) is 0.504. The van der Waals surface area contributed by atoms with Crippen molar-refractivity contribution in [3.63, 3.8) is 0 Å². The molecule has 0 bridgehead atoms. The Hall–Kier alpha value is -1.62. The van der Waals surface area contributed by atoms with Gasteiger partial charge in [-0.1, -0.05) is 26.1 Å². The van der Waals surface area contributed by atoms with Crippen molar-refractivity contribution < 1.29 is 9.53 Å². The fraction of sp³-hybridized carbons (Fsp3) is 0.467. The number of nitrogens with two attached hydrogens (primary N) is 1. The number of thiocarbonyl (C=S) groups is 1. The van der Waals surface area contributed by atoms with Crippen LogP contribution in [-0.4, -0.2) is 23.0 Å². The predicted molar refractivity (Wildman–Crippen MR) is 85.0 cm³/mol. The van der Waals surface area contributed by atoms with Crippen molar-refractivity contribution in [3.8, 4) is 5.75 Å². The van der Waals surface area contributed by atoms with Gasteiger partial charge in [-0.15, -0.1) is 0 Å². The van der Waals surface area contributed by atoms with Gasteiger partial charge >= 0.3 is 0 Å². The molecule has 1 amide bonds. The maximum atomic E-state index is 11.8. The molecule has 0 aromatic heterocycles. The van der Waals surface area contributed by atoms with Crippen LogP contribution in [0.15, 0.2) is 24.3 Å². The van der Waals surface area contributed by atoms with E-state index in [4.69, 9.17) is 22.7 Å². The zero-order chi connectivity index (χ0) is 15.2. The van der Waals surface area contributed by atoms with Crippen LogP contribution >= 0.6 is 12.2 Å². The summed E-state index contributed by atoms with van der Waals surface area (Å²) in [5.41, 5.74) is 6.12. The lowest BCUT2D eigenvalue weighted by Crippen LogP contribution is -2.46. The molecule has 4 nitrogen and oxygen atoms in total. The maximum Gasteiger partial charge on any atom is 0.258 e. The number of carbonyl (C=O) groups excluding carboxylic acids is 1. The van der Waals surface area contributed by atoms with E-state index < -0.39 is 0 Å². The van der Waals surface area contributed by atoms with Crippen LogP contribution in [0, 0.1) is 0 Å². The second-order valence-electron chi connectivity index (χ2n) is 4.99. The minimum Gasteiger partial charge on any atom is -0.484 e. The van der Waals surface area contributed by atoms with Gasteiger partial charge in [0, 0.05) is 11.1 Å². The molecule has 1 aromatic rings. The summed E-state index contributed by atoms with van der Waals surface area (Å²) in [6.07, 6.45) is 1.77. The van der Waals surface area contributed by atoms with Crippen LogP contribution in [0.4, 0.5) is 0 Å². The summed E-state index contributed by atoms with van der Waals surface area (Å²) in [4.78, 5) is 12.2. The second kappa shape index (κ2) is 7.24. The van der Waals surface area contributed by atoms with Crippen LogP contribution in [0.25, 0.3) is 0 Å². The van der Waals surface area contributed by atoms with E-state index in [-0.39, 0.29) is 18.1 Å². The molecule has 0 saturated heterocycles. The molecule has 0 saturated carbocycles. The molecule has 20 heavy (non-hydrogen) atoms. The lowest BCUT2D eigenvalue weighted by atomic mass is 9.96. The molecule has 110 valence electrons. The Morgan fingerprint density at radius 1 is 1.30 bits per heavy atom. The van der Waals surface area contributed by atoms with Gasteiger partial charge in [0.05, 0.1) is 0 Å². The Balaban J connectivity index is 2.50. The van der Waals surface area contributed by atoms with E-state index in [1.807, 2.05) is 6.92 Å². The molecular weight excluding hydrogens is 272 g/mol. The zero-order valence-electron chi connectivity index (χ0n) is 12.2. The molecule has 0 aliphatic carbocycles. The smallest absolute Gasteiger partial charge is 0.258 e. The number of carbonyl (C=O) groups is 1. The van der Waals surface area contributed by atoms with Gasteiger partial charge in [-0.25, -0.2) is 0 Å². The van der Waals surface area contributed by atoms with Gasteiger partial charge in [0.1, 0.15) is 10.7 Å². The molecular formula is C15H22N2O2S. The lowest BCUT2D eigenvalue weighted by Gasteiger charge is -2.28. The third-order valence-corrected chi connectivity index (χ3v) is 3.75. The number of benzene rings is 1. The molecule has 0 fully saturated rings. The summed E-state index contributed by atoms with van der Waals surface area (Å²) in [7, 11) is 0. The number of amides is 1. The Bertz CT molecular complexity index is 467. The summed E-state index contributed by atoms with van der Waals surface area (Å²) in [5, 5.41) is 2.99. The number of hydrogen-bond acceptors (Lipinski definition) is 3. The molecule has 0 heterocycles. The minimum atomic E-state index is -0.171. The first-order valence-corrected chi connectivity index (χ1v) is 7.14. The minimum absolute atomic E-state index is 0.00199. The molecule has 0 spiro atoms. The zero-order valence-corrected chi connectivity index (χ0v) is 13.0. The monoisotopic (exact) mass is 294 g/mol. The number of rotatable bonds is 7. The van der Waals surface area contributed by atoms with E-state index in [2.05, 4.69) is 19.2 Å². The van der Waals surface area contributed by atoms with E-state index in [1.165, 1.54) is 0 Å². The first-order valence-electron chi connectivity index (χ1n) is 6.74. The molecule has 5 heteroatoms. The molecule has 0 unspecified atom stereocenters. The van der Waals surface area contributed by atoms with Gasteiger partial charge in [-0.2, -0.15) is 0 Å². The SMILES string of the molecule is CCC(C)(CC)NC(=O)COc1ccc(C(N)=S)cc1. The molecule has 1 rings (SSSR count). The van der Waals surface area contributed by atoms with Gasteiger partial charge in [-0.05, 0) is 44.0 Å². The molecule has 0 atom stereocenters. The van der Waals surface area contributed by atoms with Crippen molar-refractivity contribution in [1.29, 1.82) is 0 Å². The van der Waals surface area contributed by atoms with Gasteiger partial charge in [0.2, 0.25) is 0 Å². The summed E-state index contributed by atoms with van der Waals surface area (Å²) < 4.78 is 5.44. The van der Waals surface area contributed by atoms with Crippen LogP contribution in [0.5, 0.6) is 5.75 Å². The summed E-state index contributed by atoms with van der Waals surface area (Å²) in [6, 6.07) is 7.05. The van der Waals surface area contributed by atoms with E-state index in [0.29, 0.717) is 10.7 Å². The van der Waals surface area contributed by atoms with Crippen LogP contribution in [0.2, 0.25) is 0 Å². The maximum absolute atomic E-state index is 11.8. The molecule has 3 N–H and O–H groups in total. The normalized spacial score (nSPS) is 10.9. The first kappa shape index (κ1) is 16.4. The Labute approximate surface area is 125 Å². The molecule has 0 aliphatic rings. The van der Waals surface area contributed by atoms with Gasteiger partial charge in [0.15, 0.2) is 6.61 Å². The Morgan fingerprint density at radius 2 is 1.85 bits per heavy atom. The number of hydrogen-bond donors (Lipinski definition) is 2. The highest BCUT2D eigenvalue weighted by molar-refractivity contribution is 7.80. The van der Waals surface area contributed by atoms with Crippen LogP contribution in [-0.2, 0) is 4.79 Å². The van der Waals surface area contributed by atoms with Gasteiger partial charge in [0.25, 0.3) is 5.91 Å². The van der Waals surface area contributed by atoms with E-state index >= 15 is 0 Å². The average molecular weight is 294 g/mol. The van der Waals surface area contributed by atoms with Crippen molar-refractivity contribution in [1.82, 2.24) is 5.32 Å². The fourth-order valence-corrected chi connectivity index (χ4v) is 1.80. The van der Waals surface area contributed by atoms with E-state index in [0.717, 1.165) is 18.4 Å². The Morgan fingerprint density at radius 3 is 2.30 bits per heavy atom. The highest BCUT2D eigenvalue weighted by Gasteiger charge is 2.21. The number of nitrogens with one attached hydrogen (secondary N) is 1. The average Bonchev–Trinajstić information content (AvgIpc) is 2.45. The van der Waals surface area contributed by atoms with Crippen LogP contribution in [0.3, 0.4) is 0 Å². The fourth-order valence-electron chi connectivity index (χ4n) is 1.66. The largest absolute Gasteiger partial charge is 0.484 e. The lowest BCUT2D eigenvalue weighted by molar-refractivity contribution is -0.125. The summed E-state index contributed by atoms with van der Waals surface area (Å²) in [6.45, 7) is 6.14. The molecule has 0 radical (unpaired) electrons. The van der Waals surface area contributed by atoms with Crippen molar-refractivity contribution in [3.05, 3.63) is 29.8 Å². The molecule has 1 aromatic carbocycles. The second-order valence-corrected chi connectivity index (χ2v) is 5.43. The standard InChI is InChI=1S/C15H22N2O2S/c1-4-15(3,5-2)17-13(18)10-19-12-8-6-11(7-9-12)14(16)20/h6-9H,4-5,10H2,1-3H3,(H2,16,20)(H,17,18).